The molecule has 0 atom stereocenters. The summed E-state index contributed by atoms with van der Waals surface area (Å²) in [6, 6.07) is 8.75. The predicted molar refractivity (Wildman–Crippen MR) is 88.7 cm³/mol. The molecule has 5 heteroatoms. The van der Waals surface area contributed by atoms with Gasteiger partial charge in [0.05, 0.1) is 0 Å². The van der Waals surface area contributed by atoms with E-state index in [1.807, 2.05) is 12.1 Å². The zero-order valence-corrected chi connectivity index (χ0v) is 13.4. The molecule has 3 nitrogen and oxygen atoms in total. The minimum atomic E-state index is 0.122. The van der Waals surface area contributed by atoms with Crippen LogP contribution < -0.4 is 10.6 Å². The van der Waals surface area contributed by atoms with Crippen LogP contribution in [-0.2, 0) is 6.54 Å². The summed E-state index contributed by atoms with van der Waals surface area (Å²) >= 11 is 5.18. The van der Waals surface area contributed by atoms with Crippen LogP contribution >= 0.6 is 27.3 Å². The highest BCUT2D eigenvalue weighted by molar-refractivity contribution is 9.10. The average molecular weight is 350 g/mol. The molecule has 0 aliphatic heterocycles. The molecule has 1 aromatic carbocycles. The smallest absolute Gasteiger partial charge is 0.124 e. The van der Waals surface area contributed by atoms with Crippen molar-refractivity contribution in [3.8, 4) is 0 Å². The van der Waals surface area contributed by atoms with Gasteiger partial charge in [-0.15, -0.1) is 0 Å². The lowest BCUT2D eigenvalue weighted by molar-refractivity contribution is 0.795. The largest absolute Gasteiger partial charge is 0.384 e. The molecule has 0 bridgehead atoms. The number of anilines is 1. The Hall–Kier alpha value is -1.33. The van der Waals surface area contributed by atoms with E-state index in [1.54, 1.807) is 11.3 Å². The van der Waals surface area contributed by atoms with Crippen molar-refractivity contribution in [3.63, 3.8) is 0 Å². The third kappa shape index (κ3) is 2.88. The molecule has 104 valence electrons. The molecule has 1 aliphatic rings. The third-order valence-corrected chi connectivity index (χ3v) is 4.70. The van der Waals surface area contributed by atoms with Crippen molar-refractivity contribution in [2.24, 2.45) is 5.73 Å². The van der Waals surface area contributed by atoms with E-state index >= 15 is 0 Å². The van der Waals surface area contributed by atoms with Crippen LogP contribution in [0.2, 0.25) is 0 Å². The maximum Gasteiger partial charge on any atom is 0.124 e. The van der Waals surface area contributed by atoms with Gasteiger partial charge in [0.15, 0.2) is 0 Å². The maximum absolute atomic E-state index is 7.81. The Morgan fingerprint density at radius 3 is 2.80 bits per heavy atom. The fraction of sp³-hybridized carbons (Fsp3) is 0.267. The van der Waals surface area contributed by atoms with Crippen LogP contribution in [-0.4, -0.2) is 11.9 Å². The summed E-state index contributed by atoms with van der Waals surface area (Å²) in [5.41, 5.74) is 8.94. The van der Waals surface area contributed by atoms with Gasteiger partial charge in [0.25, 0.3) is 0 Å². The number of halogens is 1. The lowest BCUT2D eigenvalue weighted by Crippen LogP contribution is -2.28. The first-order chi connectivity index (χ1) is 9.65. The van der Waals surface area contributed by atoms with Gasteiger partial charge < -0.3 is 10.6 Å². The van der Waals surface area contributed by atoms with E-state index in [-0.39, 0.29) is 5.84 Å². The summed E-state index contributed by atoms with van der Waals surface area (Å²) in [5, 5.41) is 12.1. The summed E-state index contributed by atoms with van der Waals surface area (Å²) in [7, 11) is 0. The second kappa shape index (κ2) is 5.58. The van der Waals surface area contributed by atoms with Crippen molar-refractivity contribution < 1.29 is 0 Å². The van der Waals surface area contributed by atoms with Crippen molar-refractivity contribution in [2.75, 3.05) is 4.90 Å². The van der Waals surface area contributed by atoms with Crippen molar-refractivity contribution >= 4 is 38.8 Å². The number of nitrogens with one attached hydrogen (secondary N) is 1. The molecule has 2 aromatic rings. The van der Waals surface area contributed by atoms with E-state index in [0.29, 0.717) is 6.04 Å². The van der Waals surface area contributed by atoms with Crippen LogP contribution in [0, 0.1) is 5.41 Å². The van der Waals surface area contributed by atoms with Crippen LogP contribution in [0.1, 0.15) is 24.0 Å². The summed E-state index contributed by atoms with van der Waals surface area (Å²) in [4.78, 5) is 2.38. The Morgan fingerprint density at radius 1 is 1.40 bits per heavy atom. The van der Waals surface area contributed by atoms with Crippen LogP contribution in [0.3, 0.4) is 0 Å². The molecular weight excluding hydrogens is 334 g/mol. The molecule has 1 heterocycles. The third-order valence-electron chi connectivity index (χ3n) is 3.48. The molecule has 0 amide bonds. The van der Waals surface area contributed by atoms with Crippen molar-refractivity contribution in [3.05, 3.63) is 50.6 Å². The zero-order chi connectivity index (χ0) is 14.1. The van der Waals surface area contributed by atoms with Gasteiger partial charge in [0.2, 0.25) is 0 Å². The van der Waals surface area contributed by atoms with Crippen molar-refractivity contribution in [2.45, 2.75) is 25.4 Å². The lowest BCUT2D eigenvalue weighted by Gasteiger charge is -2.26. The fourth-order valence-electron chi connectivity index (χ4n) is 2.35. The summed E-state index contributed by atoms with van der Waals surface area (Å²) < 4.78 is 0.956. The number of amidine groups is 1. The monoisotopic (exact) mass is 349 g/mol. The van der Waals surface area contributed by atoms with E-state index in [2.05, 4.69) is 43.7 Å². The standard InChI is InChI=1S/C15H16BrN3S/c16-11-1-4-14(13(7-11)15(17)18)19(12-2-3-12)8-10-5-6-20-9-10/h1,4-7,9,12H,2-3,8H2,(H3,17,18). The average Bonchev–Trinajstić information content (AvgIpc) is 3.13. The van der Waals surface area contributed by atoms with Gasteiger partial charge in [-0.25, -0.2) is 0 Å². The molecule has 1 fully saturated rings. The minimum absolute atomic E-state index is 0.122. The molecule has 20 heavy (non-hydrogen) atoms. The second-order valence-electron chi connectivity index (χ2n) is 5.07. The highest BCUT2D eigenvalue weighted by atomic mass is 79.9. The van der Waals surface area contributed by atoms with Gasteiger partial charge in [0.1, 0.15) is 5.84 Å². The van der Waals surface area contributed by atoms with Gasteiger partial charge in [-0.2, -0.15) is 11.3 Å². The number of nitrogens with zero attached hydrogens (tertiary/aromatic N) is 1. The number of hydrogen-bond acceptors (Lipinski definition) is 3. The minimum Gasteiger partial charge on any atom is -0.384 e. The first kappa shape index (κ1) is 13.6. The Bertz CT molecular complexity index is 620. The fourth-order valence-corrected chi connectivity index (χ4v) is 3.37. The van der Waals surface area contributed by atoms with Crippen LogP contribution in [0.25, 0.3) is 0 Å². The summed E-state index contributed by atoms with van der Waals surface area (Å²) in [5.74, 6) is 0.122. The van der Waals surface area contributed by atoms with Gasteiger partial charge in [0, 0.05) is 28.3 Å². The molecule has 1 aliphatic carbocycles. The van der Waals surface area contributed by atoms with Crippen LogP contribution in [0.4, 0.5) is 5.69 Å². The molecule has 1 aromatic heterocycles. The molecule has 1 saturated carbocycles. The van der Waals surface area contributed by atoms with E-state index in [0.717, 1.165) is 22.3 Å². The normalized spacial score (nSPS) is 14.2. The first-order valence-corrected chi connectivity index (χ1v) is 8.30. The number of benzene rings is 1. The molecule has 0 radical (unpaired) electrons. The van der Waals surface area contributed by atoms with E-state index in [4.69, 9.17) is 11.1 Å². The Labute approximate surface area is 131 Å². The van der Waals surface area contributed by atoms with Gasteiger partial charge >= 0.3 is 0 Å². The summed E-state index contributed by atoms with van der Waals surface area (Å²) in [6.45, 7) is 0.885. The molecule has 0 saturated heterocycles. The zero-order valence-electron chi connectivity index (χ0n) is 11.0. The Kier molecular flexibility index (Phi) is 3.81. The number of nitrogen functional groups attached to an aromatic ring is 1. The molecule has 0 spiro atoms. The molecular formula is C15H16BrN3S. The quantitative estimate of drug-likeness (QED) is 0.633. The number of rotatable bonds is 5. The Morgan fingerprint density at radius 2 is 2.20 bits per heavy atom. The molecule has 3 N–H and O–H groups in total. The van der Waals surface area contributed by atoms with Gasteiger partial charge in [-0.3, -0.25) is 5.41 Å². The SMILES string of the molecule is N=C(N)c1cc(Br)ccc1N(Cc1ccsc1)C1CC1. The van der Waals surface area contributed by atoms with E-state index < -0.39 is 0 Å². The topological polar surface area (TPSA) is 53.1 Å². The van der Waals surface area contributed by atoms with Crippen LogP contribution in [0.5, 0.6) is 0 Å². The van der Waals surface area contributed by atoms with E-state index in [1.165, 1.54) is 18.4 Å². The summed E-state index contributed by atoms with van der Waals surface area (Å²) in [6.07, 6.45) is 2.44. The van der Waals surface area contributed by atoms with Crippen LogP contribution in [0.15, 0.2) is 39.5 Å². The number of nitrogens with two attached hydrogens (primary N) is 1. The molecule has 3 rings (SSSR count). The number of thiophene rings is 1. The van der Waals surface area contributed by atoms with Crippen molar-refractivity contribution in [1.82, 2.24) is 0 Å². The first-order valence-electron chi connectivity index (χ1n) is 6.57. The van der Waals surface area contributed by atoms with E-state index in [9.17, 15) is 0 Å². The number of hydrogen-bond donors (Lipinski definition) is 2. The Balaban J connectivity index is 1.97. The highest BCUT2D eigenvalue weighted by Gasteiger charge is 2.31. The molecule has 0 unspecified atom stereocenters. The van der Waals surface area contributed by atoms with Gasteiger partial charge in [-0.1, -0.05) is 15.9 Å². The second-order valence-corrected chi connectivity index (χ2v) is 6.76. The lowest BCUT2D eigenvalue weighted by atomic mass is 10.1. The highest BCUT2D eigenvalue weighted by Crippen LogP contribution is 2.36. The predicted octanol–water partition coefficient (Wildman–Crippen LogP) is 3.96. The maximum atomic E-state index is 7.81. The van der Waals surface area contributed by atoms with Gasteiger partial charge in [-0.05, 0) is 53.4 Å². The van der Waals surface area contributed by atoms with Crippen molar-refractivity contribution in [1.29, 1.82) is 5.41 Å².